The minimum absolute atomic E-state index is 0.00744. The summed E-state index contributed by atoms with van der Waals surface area (Å²) in [4.78, 5) is 25.5. The topological polar surface area (TPSA) is 52.6 Å². The fourth-order valence-electron chi connectivity index (χ4n) is 5.69. The molecule has 0 radical (unpaired) electrons. The first-order valence-electron chi connectivity index (χ1n) is 12.1. The van der Waals surface area contributed by atoms with Gasteiger partial charge in [-0.05, 0) is 67.6 Å². The van der Waals surface area contributed by atoms with Crippen LogP contribution in [0.3, 0.4) is 0 Å². The minimum atomic E-state index is -0.286. The first kappa shape index (κ1) is 22.6. The van der Waals surface area contributed by atoms with E-state index >= 15 is 0 Å². The van der Waals surface area contributed by atoms with Gasteiger partial charge in [0.15, 0.2) is 0 Å². The van der Waals surface area contributed by atoms with Crippen LogP contribution in [-0.4, -0.2) is 24.1 Å². The molecular formula is C25H42O4. The van der Waals surface area contributed by atoms with E-state index in [1.165, 1.54) is 12.8 Å². The molecule has 0 unspecified atom stereocenters. The third-order valence-electron chi connectivity index (χ3n) is 7.85. The Kier molecular flexibility index (Phi) is 7.32. The van der Waals surface area contributed by atoms with E-state index in [4.69, 9.17) is 9.47 Å². The molecule has 8 atom stereocenters. The van der Waals surface area contributed by atoms with Gasteiger partial charge in [0, 0.05) is 0 Å². The van der Waals surface area contributed by atoms with Crippen LogP contribution in [0.4, 0.5) is 0 Å². The molecule has 0 aromatic heterocycles. The van der Waals surface area contributed by atoms with Crippen molar-refractivity contribution in [2.75, 3.05) is 0 Å². The van der Waals surface area contributed by atoms with Gasteiger partial charge in [-0.2, -0.15) is 0 Å². The zero-order valence-electron chi connectivity index (χ0n) is 19.4. The first-order chi connectivity index (χ1) is 13.7. The first-order valence-corrected chi connectivity index (χ1v) is 12.1. The summed E-state index contributed by atoms with van der Waals surface area (Å²) in [5.41, 5.74) is 0. The summed E-state index contributed by atoms with van der Waals surface area (Å²) in [7, 11) is 0. The maximum Gasteiger partial charge on any atom is 0.310 e. The molecule has 4 heteroatoms. The van der Waals surface area contributed by atoms with Gasteiger partial charge < -0.3 is 9.47 Å². The predicted molar refractivity (Wildman–Crippen MR) is 114 cm³/mol. The van der Waals surface area contributed by atoms with Crippen molar-refractivity contribution < 1.29 is 19.1 Å². The highest BCUT2D eigenvalue weighted by atomic mass is 16.6. The number of carbonyl (C=O) groups excluding carboxylic acids is 2. The predicted octanol–water partition coefficient (Wildman–Crippen LogP) is 5.63. The lowest BCUT2D eigenvalue weighted by atomic mass is 9.75. The van der Waals surface area contributed by atoms with Crippen LogP contribution in [0.15, 0.2) is 0 Å². The molecule has 0 amide bonds. The second-order valence-corrected chi connectivity index (χ2v) is 11.1. The van der Waals surface area contributed by atoms with Gasteiger partial charge in [0.05, 0.1) is 11.8 Å². The zero-order chi connectivity index (χ0) is 21.3. The normalized spacial score (nSPS) is 40.0. The molecule has 0 bridgehead atoms. The molecule has 3 fully saturated rings. The number of esters is 2. The molecule has 3 aliphatic rings. The van der Waals surface area contributed by atoms with Crippen LogP contribution in [0.25, 0.3) is 0 Å². The van der Waals surface area contributed by atoms with E-state index in [9.17, 15) is 9.59 Å². The molecule has 3 aliphatic carbocycles. The number of ether oxygens (including phenoxy) is 2. The lowest BCUT2D eigenvalue weighted by Gasteiger charge is -2.37. The van der Waals surface area contributed by atoms with Gasteiger partial charge in [-0.15, -0.1) is 0 Å². The van der Waals surface area contributed by atoms with Crippen molar-refractivity contribution in [1.29, 1.82) is 0 Å². The van der Waals surface area contributed by atoms with E-state index in [0.29, 0.717) is 41.9 Å². The Hall–Kier alpha value is -1.06. The third-order valence-corrected chi connectivity index (χ3v) is 7.85. The molecule has 4 nitrogen and oxygen atoms in total. The fraction of sp³-hybridized carbons (Fsp3) is 0.920. The Balaban J connectivity index is 1.52. The summed E-state index contributed by atoms with van der Waals surface area (Å²) in [6, 6.07) is 0. The van der Waals surface area contributed by atoms with Gasteiger partial charge in [-0.3, -0.25) is 9.59 Å². The average molecular weight is 407 g/mol. The number of hydrogen-bond donors (Lipinski definition) is 0. The Morgan fingerprint density at radius 3 is 1.38 bits per heavy atom. The molecule has 0 aromatic carbocycles. The van der Waals surface area contributed by atoms with Crippen LogP contribution in [-0.2, 0) is 19.1 Å². The van der Waals surface area contributed by atoms with Crippen LogP contribution < -0.4 is 0 Å². The molecule has 0 heterocycles. The van der Waals surface area contributed by atoms with Crippen LogP contribution >= 0.6 is 0 Å². The summed E-state index contributed by atoms with van der Waals surface area (Å²) in [6.07, 6.45) is 7.20. The van der Waals surface area contributed by atoms with Gasteiger partial charge in [0.25, 0.3) is 0 Å². The molecule has 3 rings (SSSR count). The van der Waals surface area contributed by atoms with Gasteiger partial charge in [0.2, 0.25) is 0 Å². The van der Waals surface area contributed by atoms with Crippen molar-refractivity contribution in [3.63, 3.8) is 0 Å². The minimum Gasteiger partial charge on any atom is -0.462 e. The van der Waals surface area contributed by atoms with Gasteiger partial charge >= 0.3 is 11.9 Å². The molecule has 0 aliphatic heterocycles. The number of hydrogen-bond acceptors (Lipinski definition) is 4. The fourth-order valence-corrected chi connectivity index (χ4v) is 5.69. The summed E-state index contributed by atoms with van der Waals surface area (Å²) in [5, 5.41) is 0. The van der Waals surface area contributed by atoms with E-state index in [1.807, 2.05) is 0 Å². The Morgan fingerprint density at radius 2 is 1.03 bits per heavy atom. The third kappa shape index (κ3) is 5.55. The maximum atomic E-state index is 12.8. The lowest BCUT2D eigenvalue weighted by molar-refractivity contribution is -0.164. The molecule has 0 saturated heterocycles. The summed E-state index contributed by atoms with van der Waals surface area (Å²) in [6.45, 7) is 13.4. The van der Waals surface area contributed by atoms with Crippen molar-refractivity contribution in [2.45, 2.75) is 98.7 Å². The maximum absolute atomic E-state index is 12.8. The van der Waals surface area contributed by atoms with Gasteiger partial charge in [-0.25, -0.2) is 0 Å². The summed E-state index contributed by atoms with van der Waals surface area (Å²) < 4.78 is 11.9. The monoisotopic (exact) mass is 406 g/mol. The van der Waals surface area contributed by atoms with E-state index in [1.54, 1.807) is 0 Å². The van der Waals surface area contributed by atoms with Crippen LogP contribution in [0.5, 0.6) is 0 Å². The smallest absolute Gasteiger partial charge is 0.310 e. The standard InChI is InChI=1S/C25H42O4/c1-14(2)18-9-7-16(5)11-22(18)28-24(26)20-13-21(20)25(27)29-23-12-17(6)8-10-19(23)15(3)4/h14-23H,7-13H2,1-6H3/t16-,17-,18+,19+,20-,21-,22-,23-/m1/s1. The van der Waals surface area contributed by atoms with Crippen LogP contribution in [0.2, 0.25) is 0 Å². The van der Waals surface area contributed by atoms with Crippen molar-refractivity contribution in [1.82, 2.24) is 0 Å². The van der Waals surface area contributed by atoms with Crippen molar-refractivity contribution in [3.05, 3.63) is 0 Å². The largest absolute Gasteiger partial charge is 0.462 e. The van der Waals surface area contributed by atoms with E-state index < -0.39 is 0 Å². The SMILES string of the molecule is CC(C)[C@@H]1CC[C@@H](C)C[C@H]1OC(=O)[C@@H]1C[C@H]1C(=O)O[C@@H]1C[C@H](C)CC[C@H]1C(C)C. The van der Waals surface area contributed by atoms with E-state index in [2.05, 4.69) is 41.5 Å². The quantitative estimate of drug-likeness (QED) is 0.536. The van der Waals surface area contributed by atoms with Crippen LogP contribution in [0, 0.1) is 47.3 Å². The Morgan fingerprint density at radius 1 is 0.655 bits per heavy atom. The number of carbonyl (C=O) groups is 2. The Bertz CT molecular complexity index is 533. The highest BCUT2D eigenvalue weighted by Gasteiger charge is 2.52. The second kappa shape index (κ2) is 9.39. The van der Waals surface area contributed by atoms with Crippen molar-refractivity contribution in [3.8, 4) is 0 Å². The van der Waals surface area contributed by atoms with Crippen molar-refractivity contribution >= 4 is 11.9 Å². The molecule has 0 aromatic rings. The van der Waals surface area contributed by atoms with E-state index in [-0.39, 0.29) is 36.0 Å². The molecule has 0 spiro atoms. The Labute approximate surface area is 177 Å². The lowest BCUT2D eigenvalue weighted by Crippen LogP contribution is -2.37. The molecule has 29 heavy (non-hydrogen) atoms. The molecule has 3 saturated carbocycles. The highest BCUT2D eigenvalue weighted by molar-refractivity contribution is 5.87. The van der Waals surface area contributed by atoms with Gasteiger partial charge in [0.1, 0.15) is 12.2 Å². The van der Waals surface area contributed by atoms with Crippen LogP contribution in [0.1, 0.15) is 86.5 Å². The molecular weight excluding hydrogens is 364 g/mol. The molecule has 0 N–H and O–H groups in total. The summed E-state index contributed by atoms with van der Waals surface area (Å²) >= 11 is 0. The number of rotatable bonds is 6. The van der Waals surface area contributed by atoms with Gasteiger partial charge in [-0.1, -0.05) is 54.4 Å². The highest BCUT2D eigenvalue weighted by Crippen LogP contribution is 2.44. The summed E-state index contributed by atoms with van der Waals surface area (Å²) in [5.74, 6) is 2.20. The second-order valence-electron chi connectivity index (χ2n) is 11.1. The van der Waals surface area contributed by atoms with E-state index in [0.717, 1.165) is 25.7 Å². The average Bonchev–Trinajstić information content (AvgIpc) is 3.42. The molecule has 166 valence electrons. The zero-order valence-corrected chi connectivity index (χ0v) is 19.4. The van der Waals surface area contributed by atoms with Crippen molar-refractivity contribution in [2.24, 2.45) is 47.3 Å².